The second-order valence-electron chi connectivity index (χ2n) is 6.03. The molecule has 0 bridgehead atoms. The zero-order valence-electron chi connectivity index (χ0n) is 16.9. The molecule has 0 aliphatic carbocycles. The van der Waals surface area contributed by atoms with E-state index < -0.39 is 17.6 Å². The molecule has 2 heterocycles. The van der Waals surface area contributed by atoms with E-state index in [4.69, 9.17) is 32.7 Å². The van der Waals surface area contributed by atoms with Crippen molar-refractivity contribution in [1.82, 2.24) is 10.3 Å². The maximum absolute atomic E-state index is 13.8. The Balaban J connectivity index is 0.000000357. The van der Waals surface area contributed by atoms with Crippen molar-refractivity contribution in [2.75, 3.05) is 26.4 Å². The average Bonchev–Trinajstić information content (AvgIpc) is 2.72. The molecule has 3 rings (SSSR count). The van der Waals surface area contributed by atoms with E-state index in [2.05, 4.69) is 15.3 Å². The maximum Gasteiger partial charge on any atom is 0.337 e. The Labute approximate surface area is 188 Å². The molecule has 1 aromatic carbocycles. The third-order valence-electron chi connectivity index (χ3n) is 3.82. The van der Waals surface area contributed by atoms with Gasteiger partial charge in [-0.15, -0.1) is 0 Å². The van der Waals surface area contributed by atoms with Gasteiger partial charge in [-0.25, -0.2) is 18.6 Å². The van der Waals surface area contributed by atoms with Gasteiger partial charge in [0.25, 0.3) is 0 Å². The van der Waals surface area contributed by atoms with E-state index in [-0.39, 0.29) is 31.3 Å². The van der Waals surface area contributed by atoms with E-state index in [1.54, 1.807) is 25.1 Å². The van der Waals surface area contributed by atoms with Crippen LogP contribution in [0.2, 0.25) is 10.0 Å². The lowest BCUT2D eigenvalue weighted by Crippen LogP contribution is -2.35. The zero-order valence-corrected chi connectivity index (χ0v) is 18.4. The van der Waals surface area contributed by atoms with Crippen LogP contribution in [0.4, 0.5) is 8.78 Å². The van der Waals surface area contributed by atoms with Crippen molar-refractivity contribution in [3.05, 3.63) is 75.2 Å². The largest absolute Gasteiger partial charge is 0.463 e. The number of benzene rings is 1. The van der Waals surface area contributed by atoms with Crippen LogP contribution < -0.4 is 5.32 Å². The fraction of sp³-hybridized carbons (Fsp3) is 0.286. The molecule has 2 aromatic rings. The Bertz CT molecular complexity index is 967. The predicted octanol–water partition coefficient (Wildman–Crippen LogP) is 4.56. The highest BCUT2D eigenvalue weighted by atomic mass is 35.5. The van der Waals surface area contributed by atoms with Crippen LogP contribution in [-0.2, 0) is 14.3 Å². The molecule has 1 aliphatic heterocycles. The molecule has 0 amide bonds. The summed E-state index contributed by atoms with van der Waals surface area (Å²) in [6.07, 6.45) is 0.898. The molecule has 0 spiro atoms. The fourth-order valence-electron chi connectivity index (χ4n) is 2.43. The topological polar surface area (TPSA) is 72.8 Å². The molecule has 0 saturated carbocycles. The van der Waals surface area contributed by atoms with Crippen molar-refractivity contribution in [1.29, 1.82) is 0 Å². The first-order chi connectivity index (χ1) is 14.8. The summed E-state index contributed by atoms with van der Waals surface area (Å²) in [5.41, 5.74) is 0.621. The first-order valence-electron chi connectivity index (χ1n) is 9.36. The number of carbonyl (C=O) groups excluding carboxylic acids is 1. The predicted molar refractivity (Wildman–Crippen MR) is 115 cm³/mol. The number of carbonyl (C=O) groups is 1. The van der Waals surface area contributed by atoms with Crippen molar-refractivity contribution >= 4 is 35.0 Å². The van der Waals surface area contributed by atoms with E-state index >= 15 is 0 Å². The lowest BCUT2D eigenvalue weighted by molar-refractivity contribution is -0.138. The normalized spacial score (nSPS) is 13.0. The van der Waals surface area contributed by atoms with Crippen LogP contribution in [0.15, 0.2) is 52.8 Å². The SMILES string of the molecule is CCOCC1=C(C(=O)OCC)CN=C(c2ncc(F)cc2F)N1.Clc1cccc(Cl)c1. The van der Waals surface area contributed by atoms with Gasteiger partial charge >= 0.3 is 5.97 Å². The van der Waals surface area contributed by atoms with Crippen LogP contribution in [-0.4, -0.2) is 43.2 Å². The Morgan fingerprint density at radius 3 is 2.42 bits per heavy atom. The molecule has 0 atom stereocenters. The average molecular weight is 472 g/mol. The summed E-state index contributed by atoms with van der Waals surface area (Å²) in [6, 6.07) is 7.80. The Kier molecular flexibility index (Phi) is 9.84. The molecule has 31 heavy (non-hydrogen) atoms. The summed E-state index contributed by atoms with van der Waals surface area (Å²) in [5, 5.41) is 4.19. The number of rotatable bonds is 6. The summed E-state index contributed by atoms with van der Waals surface area (Å²) in [7, 11) is 0. The van der Waals surface area contributed by atoms with E-state index in [9.17, 15) is 13.6 Å². The molecular formula is C21H21Cl2F2N3O3. The number of aromatic nitrogens is 1. The number of hydrogen-bond donors (Lipinski definition) is 1. The van der Waals surface area contributed by atoms with Gasteiger partial charge in [-0.3, -0.25) is 4.99 Å². The summed E-state index contributed by atoms with van der Waals surface area (Å²) >= 11 is 11.1. The molecule has 10 heteroatoms. The van der Waals surface area contributed by atoms with E-state index in [0.717, 1.165) is 12.3 Å². The molecule has 1 aliphatic rings. The monoisotopic (exact) mass is 471 g/mol. The van der Waals surface area contributed by atoms with Crippen molar-refractivity contribution in [2.45, 2.75) is 13.8 Å². The standard InChI is InChI=1S/C15H17F2N3O3.C6H4Cl2/c1-3-22-8-12-10(15(21)23-4-2)7-19-14(20-12)13-11(17)5-9(16)6-18-13;7-5-2-1-3-6(8)4-5/h5-6H,3-4,7-8H2,1-2H3,(H,19,20);1-4H. The number of nitrogens with one attached hydrogen (secondary N) is 1. The van der Waals surface area contributed by atoms with E-state index in [1.807, 2.05) is 13.0 Å². The highest BCUT2D eigenvalue weighted by Gasteiger charge is 2.24. The maximum atomic E-state index is 13.8. The highest BCUT2D eigenvalue weighted by molar-refractivity contribution is 6.34. The number of hydrogen-bond acceptors (Lipinski definition) is 6. The Morgan fingerprint density at radius 1 is 1.16 bits per heavy atom. The summed E-state index contributed by atoms with van der Waals surface area (Å²) < 4.78 is 37.1. The summed E-state index contributed by atoms with van der Waals surface area (Å²) in [5.74, 6) is -2.01. The number of amidine groups is 1. The van der Waals surface area contributed by atoms with Crippen molar-refractivity contribution in [3.63, 3.8) is 0 Å². The first-order valence-corrected chi connectivity index (χ1v) is 10.1. The zero-order chi connectivity index (χ0) is 22.8. The Hall–Kier alpha value is -2.55. The van der Waals surface area contributed by atoms with E-state index in [0.29, 0.717) is 27.9 Å². The smallest absolute Gasteiger partial charge is 0.337 e. The second kappa shape index (κ2) is 12.3. The minimum atomic E-state index is -0.841. The number of nitrogens with zero attached hydrogens (tertiary/aromatic N) is 2. The molecule has 0 fully saturated rings. The molecule has 0 unspecified atom stereocenters. The van der Waals surface area contributed by atoms with Gasteiger partial charge in [-0.05, 0) is 32.0 Å². The molecule has 1 N–H and O–H groups in total. The van der Waals surface area contributed by atoms with Crippen LogP contribution in [0.5, 0.6) is 0 Å². The van der Waals surface area contributed by atoms with Gasteiger partial charge in [0.2, 0.25) is 0 Å². The van der Waals surface area contributed by atoms with Gasteiger partial charge in [-0.1, -0.05) is 29.3 Å². The number of esters is 1. The van der Waals surface area contributed by atoms with Crippen LogP contribution in [0.25, 0.3) is 0 Å². The first kappa shape index (κ1) is 24.7. The Morgan fingerprint density at radius 2 is 1.87 bits per heavy atom. The third-order valence-corrected chi connectivity index (χ3v) is 4.29. The van der Waals surface area contributed by atoms with Gasteiger partial charge in [0.05, 0.1) is 37.2 Å². The quantitative estimate of drug-likeness (QED) is 0.625. The van der Waals surface area contributed by atoms with Crippen LogP contribution in [0, 0.1) is 11.6 Å². The highest BCUT2D eigenvalue weighted by Crippen LogP contribution is 2.16. The van der Waals surface area contributed by atoms with Gasteiger partial charge in [0, 0.05) is 22.7 Å². The van der Waals surface area contributed by atoms with Crippen molar-refractivity contribution < 1.29 is 23.0 Å². The van der Waals surface area contributed by atoms with Crippen LogP contribution >= 0.6 is 23.2 Å². The van der Waals surface area contributed by atoms with Crippen molar-refractivity contribution in [2.24, 2.45) is 4.99 Å². The number of pyridine rings is 1. The molecule has 0 saturated heterocycles. The minimum absolute atomic E-state index is 0.00205. The second-order valence-corrected chi connectivity index (χ2v) is 6.90. The van der Waals surface area contributed by atoms with Gasteiger partial charge in [-0.2, -0.15) is 0 Å². The lowest BCUT2D eigenvalue weighted by Gasteiger charge is -2.21. The number of ether oxygens (including phenoxy) is 2. The van der Waals surface area contributed by atoms with Gasteiger partial charge < -0.3 is 14.8 Å². The van der Waals surface area contributed by atoms with Crippen molar-refractivity contribution in [3.8, 4) is 0 Å². The number of halogens is 4. The number of aliphatic imine (C=N–C) groups is 1. The lowest BCUT2D eigenvalue weighted by atomic mass is 10.1. The summed E-state index contributed by atoms with van der Waals surface area (Å²) in [4.78, 5) is 19.7. The third kappa shape index (κ3) is 7.57. The molecular weight excluding hydrogens is 451 g/mol. The van der Waals surface area contributed by atoms with Gasteiger partial charge in [0.15, 0.2) is 11.7 Å². The van der Waals surface area contributed by atoms with E-state index in [1.165, 1.54) is 0 Å². The fourth-order valence-corrected chi connectivity index (χ4v) is 2.86. The minimum Gasteiger partial charge on any atom is -0.463 e. The van der Waals surface area contributed by atoms with Crippen LogP contribution in [0.3, 0.4) is 0 Å². The van der Waals surface area contributed by atoms with Crippen LogP contribution in [0.1, 0.15) is 19.5 Å². The molecule has 6 nitrogen and oxygen atoms in total. The molecule has 0 radical (unpaired) electrons. The summed E-state index contributed by atoms with van der Waals surface area (Å²) in [6.45, 7) is 4.30. The molecule has 1 aromatic heterocycles. The van der Waals surface area contributed by atoms with Gasteiger partial charge in [0.1, 0.15) is 11.5 Å². The molecule has 166 valence electrons.